The SMILES string of the molecule is CC(C)(N)C(=O)O.NCc1cccc(CN)c1. The lowest BCUT2D eigenvalue weighted by Crippen LogP contribution is -2.41. The van der Waals surface area contributed by atoms with Gasteiger partial charge in [0, 0.05) is 13.1 Å². The van der Waals surface area contributed by atoms with Crippen molar-refractivity contribution in [3.8, 4) is 0 Å². The lowest BCUT2D eigenvalue weighted by Gasteiger charge is -2.09. The van der Waals surface area contributed by atoms with Gasteiger partial charge in [0.1, 0.15) is 5.54 Å². The molecule has 0 atom stereocenters. The molecule has 0 aliphatic rings. The number of hydrogen-bond donors (Lipinski definition) is 4. The maximum absolute atomic E-state index is 9.90. The Hall–Kier alpha value is -1.43. The van der Waals surface area contributed by atoms with Gasteiger partial charge < -0.3 is 22.3 Å². The first-order chi connectivity index (χ1) is 7.81. The maximum Gasteiger partial charge on any atom is 0.323 e. The van der Waals surface area contributed by atoms with Crippen LogP contribution in [0.5, 0.6) is 0 Å². The molecule has 0 radical (unpaired) electrons. The molecule has 0 aliphatic heterocycles. The van der Waals surface area contributed by atoms with Crippen molar-refractivity contribution in [1.82, 2.24) is 0 Å². The Morgan fingerprint density at radius 1 is 1.24 bits per heavy atom. The summed E-state index contributed by atoms with van der Waals surface area (Å²) < 4.78 is 0. The molecule has 0 saturated heterocycles. The normalized spacial score (nSPS) is 10.4. The Balaban J connectivity index is 0.000000325. The quantitative estimate of drug-likeness (QED) is 0.610. The third-order valence-corrected chi connectivity index (χ3v) is 2.01. The second kappa shape index (κ2) is 7.01. The molecular formula is C12H21N3O2. The number of aliphatic carboxylic acids is 1. The smallest absolute Gasteiger partial charge is 0.323 e. The molecule has 0 fully saturated rings. The van der Waals surface area contributed by atoms with Gasteiger partial charge in [-0.3, -0.25) is 4.79 Å². The monoisotopic (exact) mass is 239 g/mol. The van der Waals surface area contributed by atoms with Crippen molar-refractivity contribution in [1.29, 1.82) is 0 Å². The summed E-state index contributed by atoms with van der Waals surface area (Å²) in [5.41, 5.74) is 17.1. The highest BCUT2D eigenvalue weighted by atomic mass is 16.4. The van der Waals surface area contributed by atoms with Crippen molar-refractivity contribution in [2.75, 3.05) is 0 Å². The number of benzene rings is 1. The van der Waals surface area contributed by atoms with Crippen molar-refractivity contribution in [2.24, 2.45) is 17.2 Å². The number of carboxylic acids is 1. The minimum atomic E-state index is -1.08. The van der Waals surface area contributed by atoms with Gasteiger partial charge in [-0.25, -0.2) is 0 Å². The summed E-state index contributed by atoms with van der Waals surface area (Å²) in [4.78, 5) is 9.90. The van der Waals surface area contributed by atoms with Crippen LogP contribution in [0.4, 0.5) is 0 Å². The van der Waals surface area contributed by atoms with Gasteiger partial charge in [-0.1, -0.05) is 24.3 Å². The number of nitrogens with two attached hydrogens (primary N) is 3. The molecule has 7 N–H and O–H groups in total. The van der Waals surface area contributed by atoms with Gasteiger partial charge in [0.2, 0.25) is 0 Å². The van der Waals surface area contributed by atoms with E-state index < -0.39 is 11.5 Å². The zero-order valence-electron chi connectivity index (χ0n) is 10.3. The van der Waals surface area contributed by atoms with Crippen LogP contribution in [0.2, 0.25) is 0 Å². The van der Waals surface area contributed by atoms with Gasteiger partial charge in [0.05, 0.1) is 0 Å². The Labute approximate surface area is 102 Å². The van der Waals surface area contributed by atoms with Crippen LogP contribution in [0.1, 0.15) is 25.0 Å². The first-order valence-corrected chi connectivity index (χ1v) is 5.31. The Kier molecular flexibility index (Phi) is 6.42. The van der Waals surface area contributed by atoms with Gasteiger partial charge >= 0.3 is 5.97 Å². The number of hydrogen-bond acceptors (Lipinski definition) is 4. The molecular weight excluding hydrogens is 218 g/mol. The third-order valence-electron chi connectivity index (χ3n) is 2.01. The van der Waals surface area contributed by atoms with E-state index in [-0.39, 0.29) is 0 Å². The van der Waals surface area contributed by atoms with Crippen LogP contribution in [0.25, 0.3) is 0 Å². The van der Waals surface area contributed by atoms with E-state index in [0.29, 0.717) is 13.1 Å². The zero-order valence-corrected chi connectivity index (χ0v) is 10.3. The van der Waals surface area contributed by atoms with E-state index in [1.54, 1.807) is 0 Å². The molecule has 0 heterocycles. The summed E-state index contributed by atoms with van der Waals surface area (Å²) in [6.45, 7) is 4.06. The fourth-order valence-electron chi connectivity index (χ4n) is 0.884. The maximum atomic E-state index is 9.90. The second-order valence-electron chi connectivity index (χ2n) is 4.26. The minimum Gasteiger partial charge on any atom is -0.480 e. The van der Waals surface area contributed by atoms with Crippen LogP contribution in [0, 0.1) is 0 Å². The summed E-state index contributed by atoms with van der Waals surface area (Å²) in [7, 11) is 0. The Bertz CT molecular complexity index is 340. The number of carboxylic acid groups (broad SMARTS) is 1. The summed E-state index contributed by atoms with van der Waals surface area (Å²) in [6, 6.07) is 8.00. The van der Waals surface area contributed by atoms with Crippen molar-refractivity contribution >= 4 is 5.97 Å². The summed E-state index contributed by atoms with van der Waals surface area (Å²) >= 11 is 0. The Morgan fingerprint density at radius 2 is 1.59 bits per heavy atom. The van der Waals surface area contributed by atoms with Gasteiger partial charge in [0.15, 0.2) is 0 Å². The average molecular weight is 239 g/mol. The number of carbonyl (C=O) groups is 1. The topological polar surface area (TPSA) is 115 Å². The lowest BCUT2D eigenvalue weighted by atomic mass is 10.1. The highest BCUT2D eigenvalue weighted by Crippen LogP contribution is 2.02. The van der Waals surface area contributed by atoms with Crippen LogP contribution in [-0.4, -0.2) is 16.6 Å². The standard InChI is InChI=1S/C8H12N2.C4H9NO2/c9-5-7-2-1-3-8(4-7)6-10;1-4(2,5)3(6)7/h1-4H,5-6,9-10H2;5H2,1-2H3,(H,6,7). The predicted octanol–water partition coefficient (Wildman–Crippen LogP) is 0.412. The third kappa shape index (κ3) is 6.68. The van der Waals surface area contributed by atoms with Crippen LogP contribution < -0.4 is 17.2 Å². The molecule has 0 aromatic heterocycles. The van der Waals surface area contributed by atoms with Gasteiger partial charge in [-0.05, 0) is 25.0 Å². The van der Waals surface area contributed by atoms with E-state index in [9.17, 15) is 4.79 Å². The molecule has 0 amide bonds. The van der Waals surface area contributed by atoms with Crippen molar-refractivity contribution in [3.05, 3.63) is 35.4 Å². The van der Waals surface area contributed by atoms with Crippen molar-refractivity contribution < 1.29 is 9.90 Å². The highest BCUT2D eigenvalue weighted by Gasteiger charge is 2.19. The molecule has 5 nitrogen and oxygen atoms in total. The molecule has 0 aliphatic carbocycles. The lowest BCUT2D eigenvalue weighted by molar-refractivity contribution is -0.141. The molecule has 5 heteroatoms. The first-order valence-electron chi connectivity index (χ1n) is 5.31. The van der Waals surface area contributed by atoms with Crippen LogP contribution in [0.15, 0.2) is 24.3 Å². The fourth-order valence-corrected chi connectivity index (χ4v) is 0.884. The zero-order chi connectivity index (χ0) is 13.5. The first kappa shape index (κ1) is 15.6. The van der Waals surface area contributed by atoms with E-state index in [1.165, 1.54) is 13.8 Å². The van der Waals surface area contributed by atoms with Gasteiger partial charge in [-0.2, -0.15) is 0 Å². The van der Waals surface area contributed by atoms with Gasteiger partial charge in [-0.15, -0.1) is 0 Å². The summed E-state index contributed by atoms with van der Waals surface area (Å²) in [6.07, 6.45) is 0. The molecule has 0 spiro atoms. The molecule has 0 saturated carbocycles. The molecule has 96 valence electrons. The summed E-state index contributed by atoms with van der Waals surface area (Å²) in [5.74, 6) is -0.979. The molecule has 0 unspecified atom stereocenters. The van der Waals surface area contributed by atoms with Crippen molar-refractivity contribution in [3.63, 3.8) is 0 Å². The minimum absolute atomic E-state index is 0.591. The van der Waals surface area contributed by atoms with Crippen LogP contribution in [-0.2, 0) is 17.9 Å². The van der Waals surface area contributed by atoms with Crippen molar-refractivity contribution in [2.45, 2.75) is 32.5 Å². The van der Waals surface area contributed by atoms with E-state index in [0.717, 1.165) is 11.1 Å². The molecule has 1 aromatic carbocycles. The van der Waals surface area contributed by atoms with E-state index in [1.807, 2.05) is 24.3 Å². The number of rotatable bonds is 3. The van der Waals surface area contributed by atoms with E-state index in [2.05, 4.69) is 0 Å². The van der Waals surface area contributed by atoms with Crippen LogP contribution >= 0.6 is 0 Å². The molecule has 17 heavy (non-hydrogen) atoms. The van der Waals surface area contributed by atoms with E-state index >= 15 is 0 Å². The fraction of sp³-hybridized carbons (Fsp3) is 0.417. The molecule has 0 bridgehead atoms. The second-order valence-corrected chi connectivity index (χ2v) is 4.26. The Morgan fingerprint density at radius 3 is 1.82 bits per heavy atom. The van der Waals surface area contributed by atoms with E-state index in [4.69, 9.17) is 22.3 Å². The summed E-state index contributed by atoms with van der Waals surface area (Å²) in [5, 5.41) is 8.12. The molecule has 1 aromatic rings. The predicted molar refractivity (Wildman–Crippen MR) is 68.1 cm³/mol. The largest absolute Gasteiger partial charge is 0.480 e. The van der Waals surface area contributed by atoms with Gasteiger partial charge in [0.25, 0.3) is 0 Å². The molecule has 1 rings (SSSR count). The average Bonchev–Trinajstić information content (AvgIpc) is 2.28. The highest BCUT2D eigenvalue weighted by molar-refractivity contribution is 5.77. The van der Waals surface area contributed by atoms with Crippen LogP contribution in [0.3, 0.4) is 0 Å².